The summed E-state index contributed by atoms with van der Waals surface area (Å²) in [7, 11) is 0. The Kier molecular flexibility index (Phi) is 7.72. The minimum absolute atomic E-state index is 0. The molecule has 0 aromatic heterocycles. The van der Waals surface area contributed by atoms with Gasteiger partial charge in [0.2, 0.25) is 0 Å². The minimum atomic E-state index is 0. The van der Waals surface area contributed by atoms with Gasteiger partial charge in [0.15, 0.2) is 0 Å². The first-order valence-electron chi connectivity index (χ1n) is 5.07. The Morgan fingerprint density at radius 2 is 2.23 bits per heavy atom. The van der Waals surface area contributed by atoms with Gasteiger partial charge in [-0.15, -0.1) is 12.4 Å². The average Bonchev–Trinajstić information content (AvgIpc) is 2.49. The normalized spacial score (nSPS) is 21.9. The predicted octanol–water partition coefficient (Wildman–Crippen LogP) is 2.08. The molecule has 1 N–H and O–H groups in total. The van der Waals surface area contributed by atoms with Crippen LogP contribution < -0.4 is 5.32 Å². The molecule has 0 aromatic rings. The molecule has 1 unspecified atom stereocenters. The first-order valence-corrected chi connectivity index (χ1v) is 5.07. The summed E-state index contributed by atoms with van der Waals surface area (Å²) >= 11 is 0. The fraction of sp³-hybridized carbons (Fsp3) is 1.00. The molecule has 0 bridgehead atoms. The van der Waals surface area contributed by atoms with E-state index in [2.05, 4.69) is 19.2 Å². The van der Waals surface area contributed by atoms with Crippen molar-refractivity contribution in [2.24, 2.45) is 11.8 Å². The maximum absolute atomic E-state index is 5.59. The van der Waals surface area contributed by atoms with Gasteiger partial charge in [0.1, 0.15) is 0 Å². The minimum Gasteiger partial charge on any atom is -0.381 e. The second kappa shape index (κ2) is 7.60. The van der Waals surface area contributed by atoms with E-state index in [-0.39, 0.29) is 12.4 Å². The summed E-state index contributed by atoms with van der Waals surface area (Å²) in [5.74, 6) is 1.55. The summed E-state index contributed by atoms with van der Waals surface area (Å²) < 4.78 is 5.59. The SMILES string of the molecule is CC(C)CCOCC1CCNC1.Cl. The molecular weight excluding hydrogens is 186 g/mol. The molecule has 1 aliphatic heterocycles. The predicted molar refractivity (Wildman–Crippen MR) is 58.5 cm³/mol. The van der Waals surface area contributed by atoms with Crippen LogP contribution in [0.1, 0.15) is 26.7 Å². The summed E-state index contributed by atoms with van der Waals surface area (Å²) in [6, 6.07) is 0. The van der Waals surface area contributed by atoms with Crippen LogP contribution in [0.25, 0.3) is 0 Å². The van der Waals surface area contributed by atoms with Crippen LogP contribution in [0, 0.1) is 11.8 Å². The van der Waals surface area contributed by atoms with Gasteiger partial charge in [-0.25, -0.2) is 0 Å². The monoisotopic (exact) mass is 207 g/mol. The molecule has 1 aliphatic rings. The Balaban J connectivity index is 0.00000144. The van der Waals surface area contributed by atoms with Gasteiger partial charge in [0.25, 0.3) is 0 Å². The molecule has 0 spiro atoms. The molecule has 3 heteroatoms. The van der Waals surface area contributed by atoms with Crippen LogP contribution in [-0.4, -0.2) is 26.3 Å². The van der Waals surface area contributed by atoms with Crippen molar-refractivity contribution in [3.63, 3.8) is 0 Å². The fourth-order valence-corrected chi connectivity index (χ4v) is 1.43. The largest absolute Gasteiger partial charge is 0.381 e. The van der Waals surface area contributed by atoms with Crippen LogP contribution in [0.5, 0.6) is 0 Å². The van der Waals surface area contributed by atoms with E-state index in [0.717, 1.165) is 31.6 Å². The highest BCUT2D eigenvalue weighted by molar-refractivity contribution is 5.85. The van der Waals surface area contributed by atoms with Gasteiger partial charge >= 0.3 is 0 Å². The van der Waals surface area contributed by atoms with Gasteiger partial charge in [-0.3, -0.25) is 0 Å². The first kappa shape index (κ1) is 13.2. The van der Waals surface area contributed by atoms with E-state index in [1.54, 1.807) is 0 Å². The number of nitrogens with one attached hydrogen (secondary N) is 1. The third kappa shape index (κ3) is 6.30. The highest BCUT2D eigenvalue weighted by Crippen LogP contribution is 2.08. The maximum Gasteiger partial charge on any atom is 0.0506 e. The van der Waals surface area contributed by atoms with Crippen LogP contribution in [0.15, 0.2) is 0 Å². The first-order chi connectivity index (χ1) is 5.79. The number of ether oxygens (including phenoxy) is 1. The van der Waals surface area contributed by atoms with E-state index >= 15 is 0 Å². The quantitative estimate of drug-likeness (QED) is 0.698. The van der Waals surface area contributed by atoms with Crippen LogP contribution in [-0.2, 0) is 4.74 Å². The molecule has 1 fully saturated rings. The molecular formula is C10H22ClNO. The molecule has 1 atom stereocenters. The van der Waals surface area contributed by atoms with Gasteiger partial charge in [0, 0.05) is 13.2 Å². The molecule has 0 aliphatic carbocycles. The zero-order valence-electron chi connectivity index (χ0n) is 8.71. The van der Waals surface area contributed by atoms with E-state index < -0.39 is 0 Å². The lowest BCUT2D eigenvalue weighted by atomic mass is 10.1. The van der Waals surface area contributed by atoms with E-state index in [1.807, 2.05) is 0 Å². The molecule has 1 saturated heterocycles. The highest BCUT2D eigenvalue weighted by Gasteiger charge is 2.13. The van der Waals surface area contributed by atoms with E-state index in [4.69, 9.17) is 4.74 Å². The zero-order chi connectivity index (χ0) is 8.81. The third-order valence-corrected chi connectivity index (χ3v) is 2.36. The van der Waals surface area contributed by atoms with E-state index in [9.17, 15) is 0 Å². The number of halogens is 1. The van der Waals surface area contributed by atoms with Gasteiger partial charge in [-0.1, -0.05) is 13.8 Å². The second-order valence-electron chi connectivity index (χ2n) is 4.12. The number of hydrogen-bond acceptors (Lipinski definition) is 2. The smallest absolute Gasteiger partial charge is 0.0506 e. The van der Waals surface area contributed by atoms with Crippen molar-refractivity contribution < 1.29 is 4.74 Å². The van der Waals surface area contributed by atoms with Crippen LogP contribution in [0.4, 0.5) is 0 Å². The zero-order valence-corrected chi connectivity index (χ0v) is 9.53. The number of rotatable bonds is 5. The summed E-state index contributed by atoms with van der Waals surface area (Å²) in [6.07, 6.45) is 2.49. The lowest BCUT2D eigenvalue weighted by molar-refractivity contribution is 0.0964. The third-order valence-electron chi connectivity index (χ3n) is 2.36. The van der Waals surface area contributed by atoms with Gasteiger partial charge in [-0.05, 0) is 31.2 Å². The summed E-state index contributed by atoms with van der Waals surface area (Å²) in [6.45, 7) is 8.70. The lowest BCUT2D eigenvalue weighted by Gasteiger charge is -2.10. The molecule has 0 aromatic carbocycles. The fourth-order valence-electron chi connectivity index (χ4n) is 1.43. The van der Waals surface area contributed by atoms with Crippen molar-refractivity contribution in [1.82, 2.24) is 5.32 Å². The Hall–Kier alpha value is 0.210. The summed E-state index contributed by atoms with van der Waals surface area (Å²) in [4.78, 5) is 0. The molecule has 13 heavy (non-hydrogen) atoms. The van der Waals surface area contributed by atoms with Crippen molar-refractivity contribution in [3.05, 3.63) is 0 Å². The Labute approximate surface area is 87.8 Å². The Morgan fingerprint density at radius 1 is 1.46 bits per heavy atom. The topological polar surface area (TPSA) is 21.3 Å². The van der Waals surface area contributed by atoms with Crippen LogP contribution in [0.3, 0.4) is 0 Å². The maximum atomic E-state index is 5.59. The van der Waals surface area contributed by atoms with Gasteiger partial charge < -0.3 is 10.1 Å². The van der Waals surface area contributed by atoms with Crippen molar-refractivity contribution in [2.75, 3.05) is 26.3 Å². The summed E-state index contributed by atoms with van der Waals surface area (Å²) in [5.41, 5.74) is 0. The molecule has 2 nitrogen and oxygen atoms in total. The average molecular weight is 208 g/mol. The van der Waals surface area contributed by atoms with E-state index in [0.29, 0.717) is 0 Å². The molecule has 0 saturated carbocycles. The van der Waals surface area contributed by atoms with Crippen LogP contribution in [0.2, 0.25) is 0 Å². The van der Waals surface area contributed by atoms with Crippen LogP contribution >= 0.6 is 12.4 Å². The Bertz CT molecular complexity index is 113. The van der Waals surface area contributed by atoms with E-state index in [1.165, 1.54) is 19.4 Å². The van der Waals surface area contributed by atoms with Gasteiger partial charge in [0.05, 0.1) is 6.61 Å². The standard InChI is InChI=1S/C10H21NO.ClH/c1-9(2)4-6-12-8-10-3-5-11-7-10;/h9-11H,3-8H2,1-2H3;1H. The van der Waals surface area contributed by atoms with Crippen molar-refractivity contribution in [3.8, 4) is 0 Å². The molecule has 1 heterocycles. The van der Waals surface area contributed by atoms with Crippen molar-refractivity contribution in [2.45, 2.75) is 26.7 Å². The molecule has 1 rings (SSSR count). The second-order valence-corrected chi connectivity index (χ2v) is 4.12. The number of hydrogen-bond donors (Lipinski definition) is 1. The molecule has 0 radical (unpaired) electrons. The lowest BCUT2D eigenvalue weighted by Crippen LogP contribution is -2.14. The van der Waals surface area contributed by atoms with Gasteiger partial charge in [-0.2, -0.15) is 0 Å². The molecule has 80 valence electrons. The highest BCUT2D eigenvalue weighted by atomic mass is 35.5. The van der Waals surface area contributed by atoms with Crippen molar-refractivity contribution in [1.29, 1.82) is 0 Å². The summed E-state index contributed by atoms with van der Waals surface area (Å²) in [5, 5.41) is 3.34. The van der Waals surface area contributed by atoms with Crippen molar-refractivity contribution >= 4 is 12.4 Å². The molecule has 0 amide bonds. The Morgan fingerprint density at radius 3 is 2.77 bits per heavy atom.